The molecule has 1 saturated heterocycles. The Morgan fingerprint density at radius 2 is 2.07 bits per heavy atom. The second-order valence-corrected chi connectivity index (χ2v) is 6.82. The molecule has 1 N–H and O–H groups in total. The Bertz CT molecular complexity index is 821. The number of aryl methyl sites for hydroxylation is 1. The summed E-state index contributed by atoms with van der Waals surface area (Å²) >= 11 is 0. The summed E-state index contributed by atoms with van der Waals surface area (Å²) in [6.45, 7) is 1.34. The minimum absolute atomic E-state index is 0.169. The van der Waals surface area contributed by atoms with E-state index in [0.29, 0.717) is 43.9 Å². The van der Waals surface area contributed by atoms with Gasteiger partial charge in [0, 0.05) is 51.8 Å². The maximum atomic E-state index is 13.1. The van der Waals surface area contributed by atoms with E-state index in [4.69, 9.17) is 4.74 Å². The van der Waals surface area contributed by atoms with Crippen molar-refractivity contribution in [2.24, 2.45) is 7.05 Å². The molecule has 0 bridgehead atoms. The molecule has 0 radical (unpaired) electrons. The Morgan fingerprint density at radius 3 is 2.70 bits per heavy atom. The zero-order valence-corrected chi connectivity index (χ0v) is 15.4. The molecule has 1 fully saturated rings. The van der Waals surface area contributed by atoms with Gasteiger partial charge in [-0.15, -0.1) is 0 Å². The molecule has 1 aliphatic rings. The predicted molar refractivity (Wildman–Crippen MR) is 96.8 cm³/mol. The van der Waals surface area contributed by atoms with Gasteiger partial charge in [-0.2, -0.15) is 0 Å². The maximum Gasteiger partial charge on any atom is 0.289 e. The minimum atomic E-state index is -0.595. The normalized spacial score (nSPS) is 19.3. The fourth-order valence-corrected chi connectivity index (χ4v) is 3.34. The number of hydrogen-bond donors (Lipinski definition) is 1. The summed E-state index contributed by atoms with van der Waals surface area (Å²) in [6, 6.07) is 5.39. The fraction of sp³-hybridized carbons (Fsp3) is 0.421. The van der Waals surface area contributed by atoms with Gasteiger partial charge in [-0.3, -0.25) is 9.59 Å². The number of imidazole rings is 1. The number of hydrogen-bond acceptors (Lipinski definition) is 4. The predicted octanol–water partition coefficient (Wildman–Crippen LogP) is 1.61. The molecule has 1 aromatic heterocycles. The first-order valence-corrected chi connectivity index (χ1v) is 8.78. The second kappa shape index (κ2) is 7.87. The highest BCUT2D eigenvalue weighted by Gasteiger charge is 2.41. The molecule has 2 aromatic rings. The van der Waals surface area contributed by atoms with E-state index in [9.17, 15) is 14.0 Å². The minimum Gasteiger partial charge on any atom is -0.385 e. The van der Waals surface area contributed by atoms with Crippen LogP contribution in [0.3, 0.4) is 0 Å². The first kappa shape index (κ1) is 19.0. The summed E-state index contributed by atoms with van der Waals surface area (Å²) in [5.74, 6) is -0.494. The number of nitrogens with one attached hydrogen (secondary N) is 1. The third-order valence-electron chi connectivity index (χ3n) is 4.92. The van der Waals surface area contributed by atoms with Gasteiger partial charge in [-0.1, -0.05) is 0 Å². The van der Waals surface area contributed by atoms with Crippen molar-refractivity contribution in [3.05, 3.63) is 53.9 Å². The molecular weight excluding hydrogens is 351 g/mol. The van der Waals surface area contributed by atoms with Gasteiger partial charge in [0.2, 0.25) is 0 Å². The number of halogens is 1. The number of ether oxygens (including phenoxy) is 1. The highest BCUT2D eigenvalue weighted by Crippen LogP contribution is 2.27. The molecule has 1 aromatic carbocycles. The number of likely N-dealkylation sites (tertiary alicyclic amines) is 1. The summed E-state index contributed by atoms with van der Waals surface area (Å²) in [6.07, 6.45) is 4.48. The van der Waals surface area contributed by atoms with Crippen LogP contribution in [-0.2, 0) is 11.8 Å². The van der Waals surface area contributed by atoms with Crippen LogP contribution in [-0.4, -0.2) is 58.6 Å². The van der Waals surface area contributed by atoms with Crippen molar-refractivity contribution >= 4 is 11.8 Å². The van der Waals surface area contributed by atoms with Crippen molar-refractivity contribution in [1.29, 1.82) is 0 Å². The SMILES string of the molecule is COCCC1(NC(=O)c2ccc(F)cc2)CCN(C(=O)c2nccn2C)C1. The molecule has 144 valence electrons. The molecule has 3 rings (SSSR count). The summed E-state index contributed by atoms with van der Waals surface area (Å²) in [5.41, 5.74) is -0.218. The van der Waals surface area contributed by atoms with Crippen molar-refractivity contribution < 1.29 is 18.7 Å². The zero-order chi connectivity index (χ0) is 19.4. The number of aromatic nitrogens is 2. The molecule has 2 amide bonds. The van der Waals surface area contributed by atoms with Crippen LogP contribution in [0.15, 0.2) is 36.7 Å². The number of methoxy groups -OCH3 is 1. The number of rotatable bonds is 6. The molecule has 1 unspecified atom stereocenters. The molecule has 8 heteroatoms. The van der Waals surface area contributed by atoms with Gasteiger partial charge in [-0.05, 0) is 37.1 Å². The van der Waals surface area contributed by atoms with Gasteiger partial charge in [0.15, 0.2) is 5.82 Å². The van der Waals surface area contributed by atoms with Gasteiger partial charge in [0.25, 0.3) is 11.8 Å². The van der Waals surface area contributed by atoms with E-state index in [0.717, 1.165) is 0 Å². The highest BCUT2D eigenvalue weighted by atomic mass is 19.1. The quantitative estimate of drug-likeness (QED) is 0.834. The van der Waals surface area contributed by atoms with Crippen molar-refractivity contribution in [2.45, 2.75) is 18.4 Å². The number of benzene rings is 1. The maximum absolute atomic E-state index is 13.1. The lowest BCUT2D eigenvalue weighted by atomic mass is 9.94. The Balaban J connectivity index is 1.75. The van der Waals surface area contributed by atoms with Crippen LogP contribution in [0, 0.1) is 5.82 Å². The van der Waals surface area contributed by atoms with Crippen molar-refractivity contribution in [3.8, 4) is 0 Å². The van der Waals surface area contributed by atoms with Gasteiger partial charge < -0.3 is 19.5 Å². The molecule has 0 aliphatic carbocycles. The molecule has 1 aliphatic heterocycles. The van der Waals surface area contributed by atoms with Crippen LogP contribution in [0.4, 0.5) is 4.39 Å². The lowest BCUT2D eigenvalue weighted by molar-refractivity contribution is 0.0734. The van der Waals surface area contributed by atoms with Gasteiger partial charge in [-0.25, -0.2) is 9.37 Å². The van der Waals surface area contributed by atoms with Crippen molar-refractivity contribution in [2.75, 3.05) is 26.8 Å². The fourth-order valence-electron chi connectivity index (χ4n) is 3.34. The topological polar surface area (TPSA) is 76.5 Å². The second-order valence-electron chi connectivity index (χ2n) is 6.82. The van der Waals surface area contributed by atoms with E-state index >= 15 is 0 Å². The van der Waals surface area contributed by atoms with Crippen LogP contribution in [0.2, 0.25) is 0 Å². The van der Waals surface area contributed by atoms with Crippen LogP contribution >= 0.6 is 0 Å². The highest BCUT2D eigenvalue weighted by molar-refractivity contribution is 5.95. The lowest BCUT2D eigenvalue weighted by Crippen LogP contribution is -2.51. The van der Waals surface area contributed by atoms with Crippen molar-refractivity contribution in [3.63, 3.8) is 0 Å². The molecule has 27 heavy (non-hydrogen) atoms. The van der Waals surface area contributed by atoms with E-state index < -0.39 is 11.4 Å². The third-order valence-corrected chi connectivity index (χ3v) is 4.92. The Hall–Kier alpha value is -2.74. The molecule has 2 heterocycles. The van der Waals surface area contributed by atoms with E-state index in [1.807, 2.05) is 0 Å². The van der Waals surface area contributed by atoms with E-state index in [-0.39, 0.29) is 11.8 Å². The Morgan fingerprint density at radius 1 is 1.33 bits per heavy atom. The van der Waals surface area contributed by atoms with Gasteiger partial charge >= 0.3 is 0 Å². The summed E-state index contributed by atoms with van der Waals surface area (Å²) in [4.78, 5) is 31.2. The van der Waals surface area contributed by atoms with Crippen LogP contribution in [0.5, 0.6) is 0 Å². The average molecular weight is 374 g/mol. The van der Waals surface area contributed by atoms with Gasteiger partial charge in [0.1, 0.15) is 5.82 Å². The summed E-state index contributed by atoms with van der Waals surface area (Å²) in [5, 5.41) is 3.05. The molecule has 0 spiro atoms. The number of amides is 2. The van der Waals surface area contributed by atoms with E-state index in [2.05, 4.69) is 10.3 Å². The smallest absolute Gasteiger partial charge is 0.289 e. The molecular formula is C19H23FN4O3. The van der Waals surface area contributed by atoms with Gasteiger partial charge in [0.05, 0.1) is 5.54 Å². The number of carbonyl (C=O) groups excluding carboxylic acids is 2. The Kier molecular flexibility index (Phi) is 5.55. The molecule has 7 nitrogen and oxygen atoms in total. The monoisotopic (exact) mass is 374 g/mol. The van der Waals surface area contributed by atoms with Crippen LogP contribution < -0.4 is 5.32 Å². The average Bonchev–Trinajstić information content (AvgIpc) is 3.27. The first-order valence-electron chi connectivity index (χ1n) is 8.78. The van der Waals surface area contributed by atoms with E-state index in [1.54, 1.807) is 36.0 Å². The summed E-state index contributed by atoms with van der Waals surface area (Å²) < 4.78 is 20.0. The number of nitrogens with zero attached hydrogens (tertiary/aromatic N) is 3. The van der Waals surface area contributed by atoms with Crippen LogP contribution in [0.25, 0.3) is 0 Å². The summed E-state index contributed by atoms with van der Waals surface area (Å²) in [7, 11) is 3.37. The molecule has 0 saturated carbocycles. The van der Waals surface area contributed by atoms with E-state index in [1.165, 1.54) is 24.3 Å². The molecule has 1 atom stereocenters. The Labute approximate surface area is 157 Å². The zero-order valence-electron chi connectivity index (χ0n) is 15.4. The first-order chi connectivity index (χ1) is 12.9. The standard InChI is InChI=1S/C19H23FN4O3/c1-23-11-9-21-16(23)18(26)24-10-7-19(13-24,8-12-27-2)22-17(25)14-3-5-15(20)6-4-14/h3-6,9,11H,7-8,10,12-13H2,1-2H3,(H,22,25). The van der Waals surface area contributed by atoms with Crippen LogP contribution in [0.1, 0.15) is 33.8 Å². The van der Waals surface area contributed by atoms with Crippen molar-refractivity contribution in [1.82, 2.24) is 19.8 Å². The third kappa shape index (κ3) is 4.16. The number of carbonyl (C=O) groups is 2. The lowest BCUT2D eigenvalue weighted by Gasteiger charge is -2.30. The largest absolute Gasteiger partial charge is 0.385 e.